The number of alkyl halides is 1. The fourth-order valence-electron chi connectivity index (χ4n) is 4.51. The number of benzene rings is 2. The molecule has 0 aliphatic carbocycles. The summed E-state index contributed by atoms with van der Waals surface area (Å²) < 4.78 is 13.3. The van der Waals surface area contributed by atoms with Gasteiger partial charge in [0.05, 0.1) is 0 Å². The SMILES string of the molecule is C[C@@H]1CN(Cc2ccc(F)cc2)[C@@H](C)CN1C(=O)CC(CNC(=O)NCCCCl)c1ccc(Cl)cc1. The lowest BCUT2D eigenvalue weighted by Gasteiger charge is -2.44. The Hall–Kier alpha value is -2.35. The van der Waals surface area contributed by atoms with Gasteiger partial charge in [-0.15, -0.1) is 11.6 Å². The highest BCUT2D eigenvalue weighted by Crippen LogP contribution is 2.25. The molecule has 3 rings (SSSR count). The van der Waals surface area contributed by atoms with Gasteiger partial charge in [-0.1, -0.05) is 35.9 Å². The van der Waals surface area contributed by atoms with Crippen LogP contribution in [-0.2, 0) is 11.3 Å². The summed E-state index contributed by atoms with van der Waals surface area (Å²) in [5.41, 5.74) is 2.00. The average Bonchev–Trinajstić information content (AvgIpc) is 2.85. The number of nitrogens with zero attached hydrogens (tertiary/aromatic N) is 2. The number of rotatable bonds is 10. The van der Waals surface area contributed by atoms with Crippen LogP contribution in [-0.4, -0.2) is 65.9 Å². The predicted molar refractivity (Wildman–Crippen MR) is 143 cm³/mol. The largest absolute Gasteiger partial charge is 0.338 e. The van der Waals surface area contributed by atoms with Gasteiger partial charge in [-0.3, -0.25) is 9.69 Å². The molecule has 1 aliphatic heterocycles. The molecule has 2 aromatic carbocycles. The monoisotopic (exact) mass is 536 g/mol. The van der Waals surface area contributed by atoms with Crippen molar-refractivity contribution in [1.82, 2.24) is 20.4 Å². The maximum absolute atomic E-state index is 13.5. The molecule has 1 heterocycles. The van der Waals surface area contributed by atoms with Crippen molar-refractivity contribution >= 4 is 35.1 Å². The number of piperazine rings is 1. The molecular weight excluding hydrogens is 502 g/mol. The molecule has 0 bridgehead atoms. The molecule has 1 saturated heterocycles. The van der Waals surface area contributed by atoms with Gasteiger partial charge in [0.1, 0.15) is 5.82 Å². The van der Waals surface area contributed by atoms with Crippen molar-refractivity contribution in [2.45, 2.75) is 51.2 Å². The molecule has 1 fully saturated rings. The first-order valence-electron chi connectivity index (χ1n) is 12.4. The van der Waals surface area contributed by atoms with E-state index in [2.05, 4.69) is 29.4 Å². The van der Waals surface area contributed by atoms with Crippen molar-refractivity contribution in [3.8, 4) is 0 Å². The molecule has 2 aromatic rings. The van der Waals surface area contributed by atoms with Gasteiger partial charge in [0, 0.05) is 68.0 Å². The van der Waals surface area contributed by atoms with Crippen LogP contribution >= 0.6 is 23.2 Å². The van der Waals surface area contributed by atoms with Crippen LogP contribution in [0.1, 0.15) is 43.7 Å². The Bertz CT molecular complexity index is 990. The van der Waals surface area contributed by atoms with Gasteiger partial charge in [-0.05, 0) is 55.7 Å². The molecule has 6 nitrogen and oxygen atoms in total. The standard InChI is InChI=1S/C27H35Cl2FN4O2/c1-19-17-34(20(2)16-33(19)18-21-4-10-25(30)11-5-21)26(35)14-23(22-6-8-24(29)9-7-22)15-32-27(36)31-13-3-12-28/h4-11,19-20,23H,3,12-18H2,1-2H3,(H2,31,32,36)/t19-,20+,23?/m0/s1. The first kappa shape index (κ1) is 28.2. The molecule has 0 radical (unpaired) electrons. The molecule has 196 valence electrons. The smallest absolute Gasteiger partial charge is 0.314 e. The van der Waals surface area contributed by atoms with E-state index in [0.717, 1.165) is 17.7 Å². The Balaban J connectivity index is 1.62. The summed E-state index contributed by atoms with van der Waals surface area (Å²) in [6, 6.07) is 13.9. The van der Waals surface area contributed by atoms with Crippen molar-refractivity contribution in [3.05, 3.63) is 70.5 Å². The fourth-order valence-corrected chi connectivity index (χ4v) is 4.77. The van der Waals surface area contributed by atoms with Crippen LogP contribution in [0.25, 0.3) is 0 Å². The molecule has 2 N–H and O–H groups in total. The molecule has 1 aliphatic rings. The summed E-state index contributed by atoms with van der Waals surface area (Å²) in [5, 5.41) is 6.29. The number of hydrogen-bond acceptors (Lipinski definition) is 3. The van der Waals surface area contributed by atoms with Crippen molar-refractivity contribution in [3.63, 3.8) is 0 Å². The van der Waals surface area contributed by atoms with E-state index in [1.165, 1.54) is 12.1 Å². The third-order valence-corrected chi connectivity index (χ3v) is 7.12. The Morgan fingerprint density at radius 3 is 2.39 bits per heavy atom. The Morgan fingerprint density at radius 1 is 1.03 bits per heavy atom. The molecule has 0 saturated carbocycles. The quantitative estimate of drug-likeness (QED) is 0.331. The molecule has 3 atom stereocenters. The molecule has 1 unspecified atom stereocenters. The first-order valence-corrected chi connectivity index (χ1v) is 13.3. The van der Waals surface area contributed by atoms with E-state index in [-0.39, 0.29) is 42.2 Å². The minimum absolute atomic E-state index is 0.0341. The number of nitrogens with one attached hydrogen (secondary N) is 2. The third-order valence-electron chi connectivity index (χ3n) is 6.60. The van der Waals surface area contributed by atoms with Crippen molar-refractivity contribution < 1.29 is 14.0 Å². The lowest BCUT2D eigenvalue weighted by atomic mass is 9.94. The predicted octanol–water partition coefficient (Wildman–Crippen LogP) is 5.00. The summed E-state index contributed by atoms with van der Waals surface area (Å²) >= 11 is 11.7. The highest BCUT2D eigenvalue weighted by atomic mass is 35.5. The maximum atomic E-state index is 13.5. The minimum Gasteiger partial charge on any atom is -0.338 e. The zero-order valence-electron chi connectivity index (χ0n) is 20.9. The maximum Gasteiger partial charge on any atom is 0.314 e. The summed E-state index contributed by atoms with van der Waals surface area (Å²) in [5.74, 6) is 0.108. The molecule has 0 aromatic heterocycles. The summed E-state index contributed by atoms with van der Waals surface area (Å²) in [4.78, 5) is 29.9. The molecule has 3 amide bonds. The van der Waals surface area contributed by atoms with Crippen LogP contribution in [0.15, 0.2) is 48.5 Å². The van der Waals surface area contributed by atoms with Crippen molar-refractivity contribution in [2.24, 2.45) is 0 Å². The topological polar surface area (TPSA) is 64.7 Å². The van der Waals surface area contributed by atoms with E-state index >= 15 is 0 Å². The number of carbonyl (C=O) groups excluding carboxylic acids is 2. The van der Waals surface area contributed by atoms with Crippen LogP contribution in [0.4, 0.5) is 9.18 Å². The van der Waals surface area contributed by atoms with E-state index in [9.17, 15) is 14.0 Å². The molecular formula is C27H35Cl2FN4O2. The highest BCUT2D eigenvalue weighted by Gasteiger charge is 2.33. The van der Waals surface area contributed by atoms with Gasteiger partial charge >= 0.3 is 6.03 Å². The first-order chi connectivity index (χ1) is 17.3. The zero-order valence-corrected chi connectivity index (χ0v) is 22.4. The van der Waals surface area contributed by atoms with Crippen LogP contribution in [0.2, 0.25) is 5.02 Å². The molecule has 36 heavy (non-hydrogen) atoms. The van der Waals surface area contributed by atoms with E-state index in [1.807, 2.05) is 17.0 Å². The Morgan fingerprint density at radius 2 is 1.72 bits per heavy atom. The van der Waals surface area contributed by atoms with Crippen LogP contribution in [0, 0.1) is 5.82 Å². The second-order valence-electron chi connectivity index (χ2n) is 9.43. The Kier molecular flexibility index (Phi) is 10.8. The van der Waals surface area contributed by atoms with Gasteiger partial charge in [0.15, 0.2) is 0 Å². The molecule has 9 heteroatoms. The van der Waals surface area contributed by atoms with Crippen molar-refractivity contribution in [2.75, 3.05) is 32.1 Å². The highest BCUT2D eigenvalue weighted by molar-refractivity contribution is 6.30. The summed E-state index contributed by atoms with van der Waals surface area (Å²) in [7, 11) is 0. The third kappa shape index (κ3) is 8.36. The second-order valence-corrected chi connectivity index (χ2v) is 10.2. The summed E-state index contributed by atoms with van der Waals surface area (Å²) in [6.45, 7) is 7.05. The van der Waals surface area contributed by atoms with Gasteiger partial charge in [-0.25, -0.2) is 9.18 Å². The van der Waals surface area contributed by atoms with Crippen molar-refractivity contribution in [1.29, 1.82) is 0 Å². The number of halogens is 3. The minimum atomic E-state index is -0.275. The van der Waals surface area contributed by atoms with Gasteiger partial charge < -0.3 is 15.5 Å². The number of carbonyl (C=O) groups is 2. The van der Waals surface area contributed by atoms with E-state index < -0.39 is 0 Å². The van der Waals surface area contributed by atoms with Crippen LogP contribution < -0.4 is 10.6 Å². The lowest BCUT2D eigenvalue weighted by Crippen LogP contribution is -2.57. The van der Waals surface area contributed by atoms with E-state index in [4.69, 9.17) is 23.2 Å². The summed E-state index contributed by atoms with van der Waals surface area (Å²) in [6.07, 6.45) is 0.968. The van der Waals surface area contributed by atoms with Crippen LogP contribution in [0.3, 0.4) is 0 Å². The number of urea groups is 1. The van der Waals surface area contributed by atoms with E-state index in [1.54, 1.807) is 24.3 Å². The van der Waals surface area contributed by atoms with Gasteiger partial charge in [-0.2, -0.15) is 0 Å². The zero-order chi connectivity index (χ0) is 26.1. The van der Waals surface area contributed by atoms with Gasteiger partial charge in [0.25, 0.3) is 0 Å². The fraction of sp³-hybridized carbons (Fsp3) is 0.481. The number of hydrogen-bond donors (Lipinski definition) is 2. The normalized spacial score (nSPS) is 19.1. The van der Waals surface area contributed by atoms with Gasteiger partial charge in [0.2, 0.25) is 5.91 Å². The Labute approximate surface area is 223 Å². The van der Waals surface area contributed by atoms with E-state index in [0.29, 0.717) is 43.5 Å². The lowest BCUT2D eigenvalue weighted by molar-refractivity contribution is -0.137. The average molecular weight is 538 g/mol. The van der Waals surface area contributed by atoms with Crippen LogP contribution in [0.5, 0.6) is 0 Å². The number of amides is 3. The second kappa shape index (κ2) is 13.8. The molecule has 0 spiro atoms.